The molecule has 14 heavy (non-hydrogen) atoms. The molecule has 1 saturated heterocycles. The lowest BCUT2D eigenvalue weighted by Crippen LogP contribution is -2.32. The number of ether oxygens (including phenoxy) is 1. The second-order valence-electron chi connectivity index (χ2n) is 4.30. The van der Waals surface area contributed by atoms with Gasteiger partial charge in [0, 0.05) is 6.04 Å². The lowest BCUT2D eigenvalue weighted by molar-refractivity contribution is 0.264. The first-order valence-corrected chi connectivity index (χ1v) is 5.35. The molecule has 0 spiro atoms. The van der Waals surface area contributed by atoms with Crippen LogP contribution in [0.3, 0.4) is 0 Å². The van der Waals surface area contributed by atoms with Gasteiger partial charge in [0.1, 0.15) is 12.4 Å². The molecule has 2 fully saturated rings. The number of hydrogen-bond acceptors (Lipinski definition) is 2. The Hall–Kier alpha value is -1.02. The summed E-state index contributed by atoms with van der Waals surface area (Å²) < 4.78 is 5.72. The van der Waals surface area contributed by atoms with Crippen molar-refractivity contribution in [2.45, 2.75) is 12.5 Å². The normalized spacial score (nSPS) is 33.9. The Morgan fingerprint density at radius 3 is 2.79 bits per heavy atom. The first-order valence-electron chi connectivity index (χ1n) is 5.35. The molecule has 0 bridgehead atoms. The van der Waals surface area contributed by atoms with Crippen molar-refractivity contribution in [3.8, 4) is 5.75 Å². The van der Waals surface area contributed by atoms with Crippen LogP contribution in [0.15, 0.2) is 30.3 Å². The summed E-state index contributed by atoms with van der Waals surface area (Å²) in [6.45, 7) is 2.03. The van der Waals surface area contributed by atoms with Crippen molar-refractivity contribution in [1.29, 1.82) is 0 Å². The molecule has 3 rings (SSSR count). The molecule has 2 aliphatic rings. The Labute approximate surface area is 84.3 Å². The average molecular weight is 189 g/mol. The molecule has 1 aromatic carbocycles. The van der Waals surface area contributed by atoms with Crippen LogP contribution < -0.4 is 10.1 Å². The Morgan fingerprint density at radius 1 is 1.29 bits per heavy atom. The Morgan fingerprint density at radius 2 is 2.14 bits per heavy atom. The van der Waals surface area contributed by atoms with Crippen LogP contribution in [0.5, 0.6) is 5.75 Å². The smallest absolute Gasteiger partial charge is 0.119 e. The van der Waals surface area contributed by atoms with E-state index in [1.165, 1.54) is 13.0 Å². The van der Waals surface area contributed by atoms with E-state index in [-0.39, 0.29) is 0 Å². The largest absolute Gasteiger partial charge is 0.492 e. The number of fused-ring (bicyclic) bond motifs is 1. The molecular weight excluding hydrogens is 174 g/mol. The van der Waals surface area contributed by atoms with Gasteiger partial charge >= 0.3 is 0 Å². The molecule has 0 radical (unpaired) electrons. The van der Waals surface area contributed by atoms with Crippen molar-refractivity contribution < 1.29 is 4.74 Å². The van der Waals surface area contributed by atoms with Gasteiger partial charge in [-0.2, -0.15) is 0 Å². The highest BCUT2D eigenvalue weighted by Crippen LogP contribution is 2.44. The van der Waals surface area contributed by atoms with E-state index >= 15 is 0 Å². The van der Waals surface area contributed by atoms with E-state index < -0.39 is 0 Å². The van der Waals surface area contributed by atoms with E-state index in [0.29, 0.717) is 6.04 Å². The predicted molar refractivity (Wildman–Crippen MR) is 55.3 cm³/mol. The van der Waals surface area contributed by atoms with Crippen molar-refractivity contribution >= 4 is 0 Å². The van der Waals surface area contributed by atoms with Gasteiger partial charge in [0.15, 0.2) is 0 Å². The van der Waals surface area contributed by atoms with Crippen LogP contribution >= 0.6 is 0 Å². The van der Waals surface area contributed by atoms with Crippen LogP contribution in [0.1, 0.15) is 6.42 Å². The lowest BCUT2D eigenvalue weighted by atomic mass is 10.2. The summed E-state index contributed by atoms with van der Waals surface area (Å²) in [4.78, 5) is 0. The van der Waals surface area contributed by atoms with Gasteiger partial charge in [0.05, 0.1) is 0 Å². The second-order valence-corrected chi connectivity index (χ2v) is 4.30. The van der Waals surface area contributed by atoms with Gasteiger partial charge in [-0.25, -0.2) is 0 Å². The minimum atomic E-state index is 0.597. The number of piperidine rings is 1. The van der Waals surface area contributed by atoms with E-state index in [2.05, 4.69) is 5.32 Å². The topological polar surface area (TPSA) is 21.3 Å². The molecule has 1 aromatic rings. The number of rotatable bonds is 3. The SMILES string of the molecule is c1ccc(OCC2NCC3CC32)cc1. The molecule has 3 unspecified atom stereocenters. The summed E-state index contributed by atoms with van der Waals surface area (Å²) in [5, 5.41) is 3.50. The number of nitrogens with one attached hydrogen (secondary N) is 1. The quantitative estimate of drug-likeness (QED) is 0.781. The number of hydrogen-bond donors (Lipinski definition) is 1. The molecule has 1 aliphatic carbocycles. The predicted octanol–water partition coefficient (Wildman–Crippen LogP) is 1.67. The molecule has 2 heteroatoms. The summed E-state index contributed by atoms with van der Waals surface area (Å²) in [6.07, 6.45) is 1.41. The molecule has 3 atom stereocenters. The van der Waals surface area contributed by atoms with E-state index in [4.69, 9.17) is 4.74 Å². The van der Waals surface area contributed by atoms with E-state index in [1.807, 2.05) is 30.3 Å². The molecule has 74 valence electrons. The summed E-state index contributed by atoms with van der Waals surface area (Å²) >= 11 is 0. The molecule has 1 N–H and O–H groups in total. The van der Waals surface area contributed by atoms with Crippen LogP contribution in [0.25, 0.3) is 0 Å². The maximum atomic E-state index is 5.72. The van der Waals surface area contributed by atoms with E-state index in [9.17, 15) is 0 Å². The Balaban J connectivity index is 1.54. The maximum Gasteiger partial charge on any atom is 0.119 e. The number of para-hydroxylation sites is 1. The molecule has 1 saturated carbocycles. The van der Waals surface area contributed by atoms with Crippen LogP contribution in [-0.4, -0.2) is 19.2 Å². The van der Waals surface area contributed by atoms with Crippen molar-refractivity contribution in [1.82, 2.24) is 5.32 Å². The molecule has 2 nitrogen and oxygen atoms in total. The molecule has 0 aromatic heterocycles. The van der Waals surface area contributed by atoms with E-state index in [0.717, 1.165) is 24.2 Å². The van der Waals surface area contributed by atoms with Gasteiger partial charge in [-0.15, -0.1) is 0 Å². The minimum Gasteiger partial charge on any atom is -0.492 e. The molecule has 1 heterocycles. The third-order valence-electron chi connectivity index (χ3n) is 3.31. The summed E-state index contributed by atoms with van der Waals surface area (Å²) in [5.41, 5.74) is 0. The van der Waals surface area contributed by atoms with Crippen LogP contribution in [0, 0.1) is 11.8 Å². The summed E-state index contributed by atoms with van der Waals surface area (Å²) in [6, 6.07) is 10.7. The van der Waals surface area contributed by atoms with Crippen LogP contribution in [0.4, 0.5) is 0 Å². The van der Waals surface area contributed by atoms with E-state index in [1.54, 1.807) is 0 Å². The average Bonchev–Trinajstić information content (AvgIpc) is 2.92. The van der Waals surface area contributed by atoms with Gasteiger partial charge < -0.3 is 10.1 Å². The maximum absolute atomic E-state index is 5.72. The third kappa shape index (κ3) is 1.50. The number of benzene rings is 1. The Kier molecular flexibility index (Phi) is 1.95. The summed E-state index contributed by atoms with van der Waals surface area (Å²) in [5.74, 6) is 2.84. The molecule has 1 aliphatic heterocycles. The fourth-order valence-corrected chi connectivity index (χ4v) is 2.34. The second kappa shape index (κ2) is 3.28. The van der Waals surface area contributed by atoms with Crippen molar-refractivity contribution in [3.05, 3.63) is 30.3 Å². The lowest BCUT2D eigenvalue weighted by Gasteiger charge is -2.14. The minimum absolute atomic E-state index is 0.597. The summed E-state index contributed by atoms with van der Waals surface area (Å²) in [7, 11) is 0. The first kappa shape index (κ1) is 8.30. The van der Waals surface area contributed by atoms with Gasteiger partial charge in [0.2, 0.25) is 0 Å². The first-order chi connectivity index (χ1) is 6.93. The van der Waals surface area contributed by atoms with Gasteiger partial charge in [-0.05, 0) is 36.9 Å². The zero-order valence-corrected chi connectivity index (χ0v) is 8.15. The molecule has 0 amide bonds. The highest BCUT2D eigenvalue weighted by atomic mass is 16.5. The monoisotopic (exact) mass is 189 g/mol. The van der Waals surface area contributed by atoms with Crippen LogP contribution in [-0.2, 0) is 0 Å². The van der Waals surface area contributed by atoms with Gasteiger partial charge in [0.25, 0.3) is 0 Å². The van der Waals surface area contributed by atoms with Gasteiger partial charge in [-0.3, -0.25) is 0 Å². The fraction of sp³-hybridized carbons (Fsp3) is 0.500. The fourth-order valence-electron chi connectivity index (χ4n) is 2.34. The van der Waals surface area contributed by atoms with Gasteiger partial charge in [-0.1, -0.05) is 18.2 Å². The zero-order chi connectivity index (χ0) is 9.38. The third-order valence-corrected chi connectivity index (χ3v) is 3.31. The standard InChI is InChI=1S/C12H15NO/c1-2-4-10(5-3-1)14-8-12-11-6-9(11)7-13-12/h1-5,9,11-13H,6-8H2. The van der Waals surface area contributed by atoms with Crippen molar-refractivity contribution in [3.63, 3.8) is 0 Å². The molecular formula is C12H15NO. The Bertz CT molecular complexity index is 311. The highest BCUT2D eigenvalue weighted by molar-refractivity contribution is 5.21. The highest BCUT2D eigenvalue weighted by Gasteiger charge is 2.48. The zero-order valence-electron chi connectivity index (χ0n) is 8.15. The van der Waals surface area contributed by atoms with Crippen LogP contribution in [0.2, 0.25) is 0 Å². The van der Waals surface area contributed by atoms with Crippen molar-refractivity contribution in [2.75, 3.05) is 13.2 Å². The van der Waals surface area contributed by atoms with Crippen molar-refractivity contribution in [2.24, 2.45) is 11.8 Å².